The van der Waals surface area contributed by atoms with Crippen LogP contribution in [0.4, 0.5) is 0 Å². The standard InChI is InChI=1S/C13H14N4OS2/c1-2-7-17-11(8-18)15-16-12(17)20-13-14-9-5-3-4-6-10(9)19-13/h3-6,18H,2,7-8H2,1H3. The molecule has 5 nitrogen and oxygen atoms in total. The van der Waals surface area contributed by atoms with Crippen LogP contribution in [0.3, 0.4) is 0 Å². The molecule has 3 rings (SSSR count). The summed E-state index contributed by atoms with van der Waals surface area (Å²) in [6.07, 6.45) is 0.971. The lowest BCUT2D eigenvalue weighted by Gasteiger charge is -2.05. The van der Waals surface area contributed by atoms with Crippen molar-refractivity contribution in [2.75, 3.05) is 0 Å². The summed E-state index contributed by atoms with van der Waals surface area (Å²) in [7, 11) is 0. The SMILES string of the molecule is CCCn1c(CO)nnc1Sc1nc2ccccc2s1. The van der Waals surface area contributed by atoms with Gasteiger partial charge in [-0.1, -0.05) is 19.1 Å². The van der Waals surface area contributed by atoms with Crippen molar-refractivity contribution in [3.05, 3.63) is 30.1 Å². The lowest BCUT2D eigenvalue weighted by Crippen LogP contribution is -2.04. The second-order valence-corrected chi connectivity index (χ2v) is 6.50. The molecule has 20 heavy (non-hydrogen) atoms. The highest BCUT2D eigenvalue weighted by atomic mass is 32.2. The Balaban J connectivity index is 1.92. The van der Waals surface area contributed by atoms with Crippen molar-refractivity contribution in [1.82, 2.24) is 19.7 Å². The van der Waals surface area contributed by atoms with E-state index in [2.05, 4.69) is 28.2 Å². The zero-order valence-corrected chi connectivity index (χ0v) is 12.6. The molecule has 1 aromatic carbocycles. The van der Waals surface area contributed by atoms with Gasteiger partial charge in [0.05, 0.1) is 10.2 Å². The Kier molecular flexibility index (Phi) is 4.00. The first-order valence-corrected chi connectivity index (χ1v) is 8.01. The van der Waals surface area contributed by atoms with E-state index in [0.29, 0.717) is 5.82 Å². The number of aliphatic hydroxyl groups is 1. The molecule has 0 aliphatic heterocycles. The molecule has 1 N–H and O–H groups in total. The molecule has 0 unspecified atom stereocenters. The third-order valence-corrected chi connectivity index (χ3v) is 4.92. The number of fused-ring (bicyclic) bond motifs is 1. The monoisotopic (exact) mass is 306 g/mol. The highest BCUT2D eigenvalue weighted by molar-refractivity contribution is 8.01. The van der Waals surface area contributed by atoms with Crippen molar-refractivity contribution in [1.29, 1.82) is 0 Å². The van der Waals surface area contributed by atoms with E-state index in [0.717, 1.165) is 28.0 Å². The molecule has 3 aromatic rings. The Morgan fingerprint density at radius 3 is 2.90 bits per heavy atom. The molecular weight excluding hydrogens is 292 g/mol. The van der Waals surface area contributed by atoms with Crippen molar-refractivity contribution in [3.63, 3.8) is 0 Å². The van der Waals surface area contributed by atoms with Crippen molar-refractivity contribution in [2.45, 2.75) is 36.0 Å². The third kappa shape index (κ3) is 2.56. The van der Waals surface area contributed by atoms with Crippen molar-refractivity contribution in [2.24, 2.45) is 0 Å². The second kappa shape index (κ2) is 5.90. The molecule has 0 fully saturated rings. The minimum absolute atomic E-state index is 0.0899. The van der Waals surface area contributed by atoms with Gasteiger partial charge in [0.25, 0.3) is 0 Å². The zero-order valence-electron chi connectivity index (χ0n) is 11.0. The molecule has 2 heterocycles. The summed E-state index contributed by atoms with van der Waals surface area (Å²) in [6, 6.07) is 8.07. The highest BCUT2D eigenvalue weighted by Crippen LogP contribution is 2.33. The van der Waals surface area contributed by atoms with Crippen LogP contribution in [0, 0.1) is 0 Å². The van der Waals surface area contributed by atoms with E-state index in [1.54, 1.807) is 11.3 Å². The Hall–Kier alpha value is -1.44. The summed E-state index contributed by atoms with van der Waals surface area (Å²) in [5, 5.41) is 18.3. The average Bonchev–Trinajstić information content (AvgIpc) is 3.03. The number of thiazole rings is 1. The molecule has 0 amide bonds. The van der Waals surface area contributed by atoms with Gasteiger partial charge in [0.15, 0.2) is 15.3 Å². The van der Waals surface area contributed by atoms with Crippen LogP contribution in [0.2, 0.25) is 0 Å². The molecule has 0 aliphatic rings. The van der Waals surface area contributed by atoms with Gasteiger partial charge < -0.3 is 9.67 Å². The van der Waals surface area contributed by atoms with E-state index in [1.165, 1.54) is 16.5 Å². The summed E-state index contributed by atoms with van der Waals surface area (Å²) >= 11 is 3.15. The van der Waals surface area contributed by atoms with Gasteiger partial charge in [-0.2, -0.15) is 0 Å². The minimum atomic E-state index is -0.0899. The fraction of sp³-hybridized carbons (Fsp3) is 0.308. The molecular formula is C13H14N4OS2. The first-order chi connectivity index (χ1) is 9.81. The van der Waals surface area contributed by atoms with Gasteiger partial charge in [-0.25, -0.2) is 4.98 Å². The largest absolute Gasteiger partial charge is 0.388 e. The molecule has 0 spiro atoms. The van der Waals surface area contributed by atoms with Gasteiger partial charge in [0, 0.05) is 6.54 Å². The van der Waals surface area contributed by atoms with E-state index in [-0.39, 0.29) is 6.61 Å². The molecule has 0 saturated carbocycles. The normalized spacial score (nSPS) is 11.3. The van der Waals surface area contributed by atoms with Gasteiger partial charge in [-0.3, -0.25) is 0 Å². The van der Waals surface area contributed by atoms with Crippen LogP contribution in [0.5, 0.6) is 0 Å². The number of para-hydroxylation sites is 1. The zero-order chi connectivity index (χ0) is 13.9. The third-order valence-electron chi connectivity index (χ3n) is 2.83. The number of rotatable bonds is 5. The molecule has 0 aliphatic carbocycles. The maximum absolute atomic E-state index is 9.29. The van der Waals surface area contributed by atoms with Gasteiger partial charge in [-0.15, -0.1) is 21.5 Å². The molecule has 0 radical (unpaired) electrons. The highest BCUT2D eigenvalue weighted by Gasteiger charge is 2.14. The fourth-order valence-corrected chi connectivity index (χ4v) is 3.98. The Labute approximate surface area is 124 Å². The van der Waals surface area contributed by atoms with E-state index in [1.807, 2.05) is 22.8 Å². The van der Waals surface area contributed by atoms with Gasteiger partial charge in [0.1, 0.15) is 6.61 Å². The van der Waals surface area contributed by atoms with Crippen LogP contribution in [-0.2, 0) is 13.2 Å². The molecule has 0 atom stereocenters. The summed E-state index contributed by atoms with van der Waals surface area (Å²) < 4.78 is 4.07. The van der Waals surface area contributed by atoms with Crippen LogP contribution < -0.4 is 0 Å². The smallest absolute Gasteiger partial charge is 0.198 e. The number of aliphatic hydroxyl groups excluding tert-OH is 1. The summed E-state index contributed by atoms with van der Waals surface area (Å²) in [5.41, 5.74) is 1.00. The number of hydrogen-bond donors (Lipinski definition) is 1. The lowest BCUT2D eigenvalue weighted by molar-refractivity contribution is 0.263. The predicted octanol–water partition coefficient (Wildman–Crippen LogP) is 2.94. The van der Waals surface area contributed by atoms with Crippen LogP contribution in [0.1, 0.15) is 19.2 Å². The van der Waals surface area contributed by atoms with E-state index >= 15 is 0 Å². The quantitative estimate of drug-likeness (QED) is 0.785. The van der Waals surface area contributed by atoms with Crippen LogP contribution in [0.25, 0.3) is 10.2 Å². The van der Waals surface area contributed by atoms with Crippen molar-refractivity contribution >= 4 is 33.3 Å². The first-order valence-electron chi connectivity index (χ1n) is 6.38. The summed E-state index contributed by atoms with van der Waals surface area (Å²) in [4.78, 5) is 4.58. The number of benzene rings is 1. The molecule has 0 saturated heterocycles. The van der Waals surface area contributed by atoms with Crippen LogP contribution in [-0.4, -0.2) is 24.9 Å². The van der Waals surface area contributed by atoms with Crippen molar-refractivity contribution < 1.29 is 5.11 Å². The topological polar surface area (TPSA) is 63.8 Å². The average molecular weight is 306 g/mol. The first kappa shape index (κ1) is 13.5. The van der Waals surface area contributed by atoms with E-state index in [9.17, 15) is 5.11 Å². The van der Waals surface area contributed by atoms with Gasteiger partial charge in [0.2, 0.25) is 0 Å². The number of aromatic nitrogens is 4. The Morgan fingerprint density at radius 2 is 2.15 bits per heavy atom. The maximum Gasteiger partial charge on any atom is 0.198 e. The van der Waals surface area contributed by atoms with E-state index < -0.39 is 0 Å². The number of hydrogen-bond acceptors (Lipinski definition) is 6. The van der Waals surface area contributed by atoms with Crippen molar-refractivity contribution in [3.8, 4) is 0 Å². The summed E-state index contributed by atoms with van der Waals surface area (Å²) in [5.74, 6) is 0.607. The number of nitrogens with zero attached hydrogens (tertiary/aromatic N) is 4. The molecule has 2 aromatic heterocycles. The van der Waals surface area contributed by atoms with Gasteiger partial charge >= 0.3 is 0 Å². The summed E-state index contributed by atoms with van der Waals surface area (Å²) in [6.45, 7) is 2.80. The van der Waals surface area contributed by atoms with Crippen LogP contribution in [0.15, 0.2) is 33.8 Å². The van der Waals surface area contributed by atoms with Gasteiger partial charge in [-0.05, 0) is 30.3 Å². The maximum atomic E-state index is 9.29. The van der Waals surface area contributed by atoms with E-state index in [4.69, 9.17) is 0 Å². The predicted molar refractivity (Wildman–Crippen MR) is 80.0 cm³/mol. The Bertz CT molecular complexity index is 689. The minimum Gasteiger partial charge on any atom is -0.388 e. The Morgan fingerprint density at radius 1 is 1.30 bits per heavy atom. The molecule has 7 heteroatoms. The fourth-order valence-electron chi connectivity index (χ4n) is 1.93. The second-order valence-electron chi connectivity index (χ2n) is 4.26. The molecule has 104 valence electrons. The lowest BCUT2D eigenvalue weighted by atomic mass is 10.3. The molecule has 0 bridgehead atoms. The van der Waals surface area contributed by atoms with Crippen LogP contribution >= 0.6 is 23.1 Å².